The second-order valence-electron chi connectivity index (χ2n) is 9.84. The van der Waals surface area contributed by atoms with Crippen LogP contribution in [0.5, 0.6) is 5.88 Å². The van der Waals surface area contributed by atoms with Crippen molar-refractivity contribution in [2.75, 3.05) is 24.6 Å². The van der Waals surface area contributed by atoms with Crippen LogP contribution in [0, 0.1) is 24.2 Å². The molecule has 0 aliphatic carbocycles. The van der Waals surface area contributed by atoms with Crippen LogP contribution in [0.15, 0.2) is 41.5 Å². The van der Waals surface area contributed by atoms with Gasteiger partial charge in [-0.25, -0.2) is 29.6 Å². The SMILES string of the molecule is Cc1c(O)n(-c2ccc(C#N)cc2)c(=O)n1CC1CCN(c2ncc(C(=O)NOC3CCCCO3)cn2)CC1. The smallest absolute Gasteiger partial charge is 0.335 e. The van der Waals surface area contributed by atoms with Crippen molar-refractivity contribution in [2.45, 2.75) is 51.9 Å². The molecule has 2 saturated heterocycles. The fraction of sp³-hybridized carbons (Fsp3) is 0.444. The number of anilines is 1. The normalized spacial score (nSPS) is 18.1. The predicted octanol–water partition coefficient (Wildman–Crippen LogP) is 2.42. The maximum atomic E-state index is 13.2. The van der Waals surface area contributed by atoms with Gasteiger partial charge >= 0.3 is 5.69 Å². The predicted molar refractivity (Wildman–Crippen MR) is 140 cm³/mol. The monoisotopic (exact) mass is 533 g/mol. The molecule has 2 aliphatic rings. The average Bonchev–Trinajstić information content (AvgIpc) is 3.19. The molecule has 1 aromatic carbocycles. The first kappa shape index (κ1) is 26.4. The van der Waals surface area contributed by atoms with Crippen molar-refractivity contribution < 1.29 is 19.5 Å². The summed E-state index contributed by atoms with van der Waals surface area (Å²) in [6, 6.07) is 8.58. The summed E-state index contributed by atoms with van der Waals surface area (Å²) in [5.74, 6) is 0.250. The van der Waals surface area contributed by atoms with Crippen LogP contribution in [0.25, 0.3) is 5.69 Å². The van der Waals surface area contributed by atoms with Crippen LogP contribution in [0.4, 0.5) is 5.95 Å². The number of aromatic hydroxyl groups is 1. The van der Waals surface area contributed by atoms with E-state index >= 15 is 0 Å². The first-order chi connectivity index (χ1) is 18.9. The number of carbonyl (C=O) groups excluding carboxylic acids is 1. The van der Waals surface area contributed by atoms with Gasteiger partial charge in [-0.3, -0.25) is 9.36 Å². The number of amides is 1. The molecule has 4 heterocycles. The summed E-state index contributed by atoms with van der Waals surface area (Å²) in [6.07, 6.45) is 6.89. The zero-order valence-electron chi connectivity index (χ0n) is 21.7. The van der Waals surface area contributed by atoms with Crippen LogP contribution >= 0.6 is 0 Å². The number of hydrogen-bond donors (Lipinski definition) is 2. The summed E-state index contributed by atoms with van der Waals surface area (Å²) in [5, 5.41) is 19.7. The van der Waals surface area contributed by atoms with E-state index in [2.05, 4.69) is 20.3 Å². The summed E-state index contributed by atoms with van der Waals surface area (Å²) in [7, 11) is 0. The highest BCUT2D eigenvalue weighted by Gasteiger charge is 2.25. The molecule has 0 radical (unpaired) electrons. The fourth-order valence-corrected chi connectivity index (χ4v) is 4.93. The van der Waals surface area contributed by atoms with Crippen molar-refractivity contribution in [1.82, 2.24) is 24.6 Å². The number of nitriles is 1. The number of piperidine rings is 1. The van der Waals surface area contributed by atoms with Gasteiger partial charge in [0.05, 0.1) is 28.6 Å². The topological polar surface area (TPSA) is 148 Å². The van der Waals surface area contributed by atoms with Crippen LogP contribution in [0.2, 0.25) is 0 Å². The van der Waals surface area contributed by atoms with Gasteiger partial charge in [0, 0.05) is 45.1 Å². The highest BCUT2D eigenvalue weighted by atomic mass is 16.8. The van der Waals surface area contributed by atoms with Crippen LogP contribution in [0.3, 0.4) is 0 Å². The van der Waals surface area contributed by atoms with E-state index in [1.165, 1.54) is 17.0 Å². The third-order valence-electron chi connectivity index (χ3n) is 7.28. The molecule has 204 valence electrons. The average molecular weight is 534 g/mol. The maximum Gasteiger partial charge on any atom is 0.335 e. The highest BCUT2D eigenvalue weighted by Crippen LogP contribution is 2.25. The van der Waals surface area contributed by atoms with Gasteiger partial charge in [0.25, 0.3) is 5.91 Å². The molecule has 2 aromatic heterocycles. The third kappa shape index (κ3) is 5.79. The molecular weight excluding hydrogens is 502 g/mol. The Labute approximate surface area is 225 Å². The maximum absolute atomic E-state index is 13.2. The van der Waals surface area contributed by atoms with E-state index in [0.29, 0.717) is 54.7 Å². The highest BCUT2D eigenvalue weighted by molar-refractivity contribution is 5.92. The van der Waals surface area contributed by atoms with Crippen molar-refractivity contribution in [3.8, 4) is 17.6 Å². The quantitative estimate of drug-likeness (QED) is 0.437. The Morgan fingerprint density at radius 2 is 1.90 bits per heavy atom. The third-order valence-corrected chi connectivity index (χ3v) is 7.28. The van der Waals surface area contributed by atoms with Gasteiger partial charge in [0.2, 0.25) is 11.8 Å². The number of carbonyl (C=O) groups is 1. The summed E-state index contributed by atoms with van der Waals surface area (Å²) >= 11 is 0. The van der Waals surface area contributed by atoms with Gasteiger partial charge in [0.15, 0.2) is 6.29 Å². The molecule has 12 nitrogen and oxygen atoms in total. The molecule has 2 fully saturated rings. The number of nitrogens with zero attached hydrogens (tertiary/aromatic N) is 6. The van der Waals surface area contributed by atoms with E-state index in [-0.39, 0.29) is 17.5 Å². The Bertz CT molecular complexity index is 1390. The Morgan fingerprint density at radius 1 is 1.18 bits per heavy atom. The summed E-state index contributed by atoms with van der Waals surface area (Å²) in [6.45, 7) is 4.24. The van der Waals surface area contributed by atoms with E-state index in [1.807, 2.05) is 6.07 Å². The van der Waals surface area contributed by atoms with Gasteiger partial charge in [0.1, 0.15) is 0 Å². The molecule has 2 N–H and O–H groups in total. The number of rotatable bonds is 7. The standard InChI is InChI=1S/C27H31N7O5/c1-18-25(36)34(22-7-5-19(14-28)6-8-22)27(37)33(18)17-20-9-11-32(12-10-20)26-29-15-21(16-30-26)24(35)31-39-23-4-2-3-13-38-23/h5-8,15-16,20,23,36H,2-4,9-13,17H2,1H3,(H,31,35). The minimum absolute atomic E-state index is 0.101. The summed E-state index contributed by atoms with van der Waals surface area (Å²) in [4.78, 5) is 41.6. The Morgan fingerprint density at radius 3 is 2.54 bits per heavy atom. The number of aromatic nitrogens is 4. The first-order valence-corrected chi connectivity index (χ1v) is 13.1. The molecule has 1 unspecified atom stereocenters. The summed E-state index contributed by atoms with van der Waals surface area (Å²) < 4.78 is 8.32. The van der Waals surface area contributed by atoms with Gasteiger partial charge < -0.3 is 14.7 Å². The largest absolute Gasteiger partial charge is 0.493 e. The molecular formula is C27H31N7O5. The van der Waals surface area contributed by atoms with E-state index in [9.17, 15) is 14.7 Å². The molecule has 0 spiro atoms. The van der Waals surface area contributed by atoms with Gasteiger partial charge in [-0.05, 0) is 62.8 Å². The lowest BCUT2D eigenvalue weighted by Crippen LogP contribution is -2.37. The van der Waals surface area contributed by atoms with Crippen LogP contribution in [-0.2, 0) is 16.1 Å². The number of hydroxylamine groups is 1. The van der Waals surface area contributed by atoms with E-state index < -0.39 is 12.2 Å². The van der Waals surface area contributed by atoms with Crippen molar-refractivity contribution in [3.05, 3.63) is 64.0 Å². The Hall–Kier alpha value is -4.21. The number of imidazole rings is 1. The van der Waals surface area contributed by atoms with E-state index in [0.717, 1.165) is 32.1 Å². The molecule has 1 amide bonds. The number of benzene rings is 1. The van der Waals surface area contributed by atoms with Crippen molar-refractivity contribution in [1.29, 1.82) is 5.26 Å². The molecule has 3 aromatic rings. The van der Waals surface area contributed by atoms with Crippen LogP contribution in [0.1, 0.15) is 53.7 Å². The minimum atomic E-state index is -0.428. The van der Waals surface area contributed by atoms with Crippen molar-refractivity contribution in [3.63, 3.8) is 0 Å². The van der Waals surface area contributed by atoms with Crippen LogP contribution in [-0.4, -0.2) is 56.1 Å². The second-order valence-corrected chi connectivity index (χ2v) is 9.84. The molecule has 12 heteroatoms. The number of nitrogens with one attached hydrogen (secondary N) is 1. The zero-order chi connectivity index (χ0) is 27.4. The van der Waals surface area contributed by atoms with E-state index in [4.69, 9.17) is 14.8 Å². The molecule has 0 bridgehead atoms. The lowest BCUT2D eigenvalue weighted by atomic mass is 9.97. The zero-order valence-corrected chi connectivity index (χ0v) is 21.7. The first-order valence-electron chi connectivity index (χ1n) is 13.1. The molecule has 5 rings (SSSR count). The Balaban J connectivity index is 1.17. The van der Waals surface area contributed by atoms with Gasteiger partial charge in [-0.15, -0.1) is 0 Å². The number of hydrogen-bond acceptors (Lipinski definition) is 9. The van der Waals surface area contributed by atoms with Crippen molar-refractivity contribution >= 4 is 11.9 Å². The molecule has 2 aliphatic heterocycles. The minimum Gasteiger partial charge on any atom is -0.493 e. The number of ether oxygens (including phenoxy) is 1. The second kappa shape index (κ2) is 11.7. The van der Waals surface area contributed by atoms with Gasteiger partial charge in [-0.1, -0.05) is 0 Å². The lowest BCUT2D eigenvalue weighted by Gasteiger charge is -2.32. The molecule has 39 heavy (non-hydrogen) atoms. The lowest BCUT2D eigenvalue weighted by molar-refractivity contribution is -0.186. The summed E-state index contributed by atoms with van der Waals surface area (Å²) in [5.41, 5.74) is 3.89. The van der Waals surface area contributed by atoms with Crippen molar-refractivity contribution in [2.24, 2.45) is 5.92 Å². The Kier molecular flexibility index (Phi) is 7.90. The van der Waals surface area contributed by atoms with E-state index in [1.54, 1.807) is 35.8 Å². The molecule has 0 saturated carbocycles. The van der Waals surface area contributed by atoms with Gasteiger partial charge in [-0.2, -0.15) is 5.26 Å². The van der Waals surface area contributed by atoms with Crippen LogP contribution < -0.4 is 16.1 Å². The fourth-order valence-electron chi connectivity index (χ4n) is 4.93. The molecule has 1 atom stereocenters.